The fourth-order valence-electron chi connectivity index (χ4n) is 2.66. The van der Waals surface area contributed by atoms with Crippen molar-refractivity contribution >= 4 is 45.2 Å². The minimum Gasteiger partial charge on any atom is -0.497 e. The molecule has 1 amide bonds. The maximum Gasteiger partial charge on any atom is 0.255 e. The molecule has 4 aromatic rings. The summed E-state index contributed by atoms with van der Waals surface area (Å²) in [5.74, 6) is 0.617. The molecule has 3 aromatic carbocycles. The van der Waals surface area contributed by atoms with Gasteiger partial charge in [-0.2, -0.15) is 4.80 Å². The van der Waals surface area contributed by atoms with Crippen LogP contribution in [0.4, 0.5) is 5.69 Å². The van der Waals surface area contributed by atoms with E-state index in [0.29, 0.717) is 16.8 Å². The average molecular weight is 470 g/mol. The van der Waals surface area contributed by atoms with E-state index in [2.05, 4.69) is 38.1 Å². The van der Waals surface area contributed by atoms with Crippen LogP contribution in [0.2, 0.25) is 0 Å². The van der Waals surface area contributed by atoms with Crippen molar-refractivity contribution in [2.45, 2.75) is 0 Å². The summed E-state index contributed by atoms with van der Waals surface area (Å²) in [5.41, 5.74) is 3.57. The molecule has 0 spiro atoms. The predicted octanol–water partition coefficient (Wildman–Crippen LogP) is 4.29. The van der Waals surface area contributed by atoms with Gasteiger partial charge in [-0.05, 0) is 83.3 Å². The molecule has 0 atom stereocenters. The Balaban J connectivity index is 1.59. The molecule has 0 aliphatic heterocycles. The number of methoxy groups -OCH3 is 1. The molecular formula is C20H15IN4O2. The minimum absolute atomic E-state index is 0.157. The molecule has 0 saturated heterocycles. The summed E-state index contributed by atoms with van der Waals surface area (Å²) < 4.78 is 6.18. The molecule has 1 N–H and O–H groups in total. The van der Waals surface area contributed by atoms with Crippen LogP contribution in [-0.2, 0) is 0 Å². The van der Waals surface area contributed by atoms with Gasteiger partial charge in [0.05, 0.1) is 12.8 Å². The van der Waals surface area contributed by atoms with Gasteiger partial charge < -0.3 is 10.1 Å². The fourth-order valence-corrected chi connectivity index (χ4v) is 3.20. The second-order valence-electron chi connectivity index (χ2n) is 5.86. The SMILES string of the molecule is COc1ccc(-n2nc3ccc(NC(=O)c4cccc(I)c4)cc3n2)cc1. The number of anilines is 1. The third-order valence-electron chi connectivity index (χ3n) is 4.03. The number of nitrogens with zero attached hydrogens (tertiary/aromatic N) is 3. The topological polar surface area (TPSA) is 69.0 Å². The van der Waals surface area contributed by atoms with Gasteiger partial charge in [0.1, 0.15) is 16.8 Å². The number of amides is 1. The maximum atomic E-state index is 12.4. The molecule has 1 aromatic heterocycles. The first-order chi connectivity index (χ1) is 13.1. The van der Waals surface area contributed by atoms with Crippen molar-refractivity contribution < 1.29 is 9.53 Å². The van der Waals surface area contributed by atoms with Gasteiger partial charge in [0, 0.05) is 14.8 Å². The highest BCUT2D eigenvalue weighted by Crippen LogP contribution is 2.20. The Morgan fingerprint density at radius 1 is 1.00 bits per heavy atom. The van der Waals surface area contributed by atoms with Crippen LogP contribution in [0, 0.1) is 3.57 Å². The first-order valence-corrected chi connectivity index (χ1v) is 9.29. The second-order valence-corrected chi connectivity index (χ2v) is 7.10. The van der Waals surface area contributed by atoms with E-state index >= 15 is 0 Å². The van der Waals surface area contributed by atoms with Crippen molar-refractivity contribution in [2.24, 2.45) is 0 Å². The lowest BCUT2D eigenvalue weighted by Crippen LogP contribution is -2.11. The van der Waals surface area contributed by atoms with Gasteiger partial charge in [-0.15, -0.1) is 10.2 Å². The molecule has 0 radical (unpaired) electrons. The number of ether oxygens (including phenoxy) is 1. The Morgan fingerprint density at radius 2 is 1.78 bits per heavy atom. The Labute approximate surface area is 169 Å². The number of nitrogens with one attached hydrogen (secondary N) is 1. The van der Waals surface area contributed by atoms with Crippen LogP contribution in [0.3, 0.4) is 0 Å². The van der Waals surface area contributed by atoms with Gasteiger partial charge in [-0.1, -0.05) is 6.07 Å². The van der Waals surface area contributed by atoms with Crippen molar-refractivity contribution in [3.05, 3.63) is 75.9 Å². The Morgan fingerprint density at radius 3 is 2.52 bits per heavy atom. The molecule has 134 valence electrons. The average Bonchev–Trinajstić information content (AvgIpc) is 3.11. The van der Waals surface area contributed by atoms with Crippen LogP contribution in [0.25, 0.3) is 16.7 Å². The first-order valence-electron chi connectivity index (χ1n) is 8.21. The zero-order valence-corrected chi connectivity index (χ0v) is 16.5. The van der Waals surface area contributed by atoms with E-state index in [9.17, 15) is 4.79 Å². The smallest absolute Gasteiger partial charge is 0.255 e. The van der Waals surface area contributed by atoms with E-state index < -0.39 is 0 Å². The number of hydrogen-bond acceptors (Lipinski definition) is 4. The van der Waals surface area contributed by atoms with Crippen LogP contribution < -0.4 is 10.1 Å². The normalized spacial score (nSPS) is 10.7. The molecule has 0 bridgehead atoms. The van der Waals surface area contributed by atoms with Crippen LogP contribution in [0.1, 0.15) is 10.4 Å². The highest BCUT2D eigenvalue weighted by Gasteiger charge is 2.09. The van der Waals surface area contributed by atoms with Crippen LogP contribution in [0.15, 0.2) is 66.7 Å². The van der Waals surface area contributed by atoms with Gasteiger partial charge in [0.2, 0.25) is 0 Å². The van der Waals surface area contributed by atoms with Crippen molar-refractivity contribution in [3.8, 4) is 11.4 Å². The molecule has 1 heterocycles. The molecule has 27 heavy (non-hydrogen) atoms. The first kappa shape index (κ1) is 17.5. The molecule has 0 saturated carbocycles. The van der Waals surface area contributed by atoms with E-state index in [0.717, 1.165) is 20.5 Å². The summed E-state index contributed by atoms with van der Waals surface area (Å²) >= 11 is 2.19. The number of carbonyl (C=O) groups excluding carboxylic acids is 1. The fraction of sp³-hybridized carbons (Fsp3) is 0.0500. The van der Waals surface area contributed by atoms with Crippen LogP contribution in [-0.4, -0.2) is 28.0 Å². The number of fused-ring (bicyclic) bond motifs is 1. The van der Waals surface area contributed by atoms with Gasteiger partial charge in [0.15, 0.2) is 0 Å². The van der Waals surface area contributed by atoms with E-state index in [4.69, 9.17) is 4.74 Å². The van der Waals surface area contributed by atoms with E-state index in [1.807, 2.05) is 60.7 Å². The summed E-state index contributed by atoms with van der Waals surface area (Å²) in [7, 11) is 1.63. The number of aromatic nitrogens is 3. The highest BCUT2D eigenvalue weighted by molar-refractivity contribution is 14.1. The lowest BCUT2D eigenvalue weighted by atomic mass is 10.2. The minimum atomic E-state index is -0.157. The molecule has 0 aliphatic rings. The van der Waals surface area contributed by atoms with Crippen molar-refractivity contribution in [3.63, 3.8) is 0 Å². The van der Waals surface area contributed by atoms with Crippen molar-refractivity contribution in [1.29, 1.82) is 0 Å². The van der Waals surface area contributed by atoms with Gasteiger partial charge in [0.25, 0.3) is 5.91 Å². The summed E-state index contributed by atoms with van der Waals surface area (Å²) in [5, 5.41) is 11.9. The Bertz CT molecular complexity index is 1120. The van der Waals surface area contributed by atoms with Crippen molar-refractivity contribution in [2.75, 3.05) is 12.4 Å². The number of benzene rings is 3. The molecule has 6 nitrogen and oxygen atoms in total. The van der Waals surface area contributed by atoms with Gasteiger partial charge in [-0.3, -0.25) is 4.79 Å². The number of halogens is 1. The van der Waals surface area contributed by atoms with Crippen molar-refractivity contribution in [1.82, 2.24) is 15.0 Å². The number of hydrogen-bond donors (Lipinski definition) is 1. The Hall–Kier alpha value is -2.94. The zero-order valence-electron chi connectivity index (χ0n) is 14.4. The summed E-state index contributed by atoms with van der Waals surface area (Å²) in [6.45, 7) is 0. The number of rotatable bonds is 4. The third kappa shape index (κ3) is 3.77. The molecule has 7 heteroatoms. The predicted molar refractivity (Wildman–Crippen MR) is 113 cm³/mol. The monoisotopic (exact) mass is 470 g/mol. The summed E-state index contributed by atoms with van der Waals surface area (Å²) in [6.07, 6.45) is 0. The zero-order chi connectivity index (χ0) is 18.8. The van der Waals surface area contributed by atoms with E-state index in [-0.39, 0.29) is 5.91 Å². The quantitative estimate of drug-likeness (QED) is 0.452. The molecule has 4 rings (SSSR count). The Kier molecular flexibility index (Phi) is 4.76. The summed E-state index contributed by atoms with van der Waals surface area (Å²) in [6, 6.07) is 20.4. The standard InChI is InChI=1S/C20H15IN4O2/c1-27-17-8-6-16(7-9-17)25-23-18-10-5-15(12-19(18)24-25)22-20(26)13-3-2-4-14(21)11-13/h2-12H,1H3,(H,22,26). The van der Waals surface area contributed by atoms with Gasteiger partial charge >= 0.3 is 0 Å². The van der Waals surface area contributed by atoms with E-state index in [1.165, 1.54) is 0 Å². The molecule has 0 unspecified atom stereocenters. The number of carbonyl (C=O) groups is 1. The van der Waals surface area contributed by atoms with E-state index in [1.54, 1.807) is 18.0 Å². The third-order valence-corrected chi connectivity index (χ3v) is 4.70. The van der Waals surface area contributed by atoms with Crippen LogP contribution in [0.5, 0.6) is 5.75 Å². The highest BCUT2D eigenvalue weighted by atomic mass is 127. The summed E-state index contributed by atoms with van der Waals surface area (Å²) in [4.78, 5) is 14.0. The lowest BCUT2D eigenvalue weighted by molar-refractivity contribution is 0.102. The second kappa shape index (κ2) is 7.36. The molecule has 0 aliphatic carbocycles. The van der Waals surface area contributed by atoms with Crippen LogP contribution >= 0.6 is 22.6 Å². The largest absolute Gasteiger partial charge is 0.497 e. The molecular weight excluding hydrogens is 455 g/mol. The lowest BCUT2D eigenvalue weighted by Gasteiger charge is -2.05. The maximum absolute atomic E-state index is 12.4. The van der Waals surface area contributed by atoms with Gasteiger partial charge in [-0.25, -0.2) is 0 Å². The molecule has 0 fully saturated rings.